The van der Waals surface area contributed by atoms with Crippen LogP contribution in [0.1, 0.15) is 95.2 Å². The van der Waals surface area contributed by atoms with Gasteiger partial charge in [0.25, 0.3) is 0 Å². The average molecular weight is 1020 g/mol. The number of nitrogens with two attached hydrogens (primary N) is 2. The van der Waals surface area contributed by atoms with Gasteiger partial charge in [0.15, 0.2) is 12.6 Å². The topological polar surface area (TPSA) is 197 Å². The Kier molecular flexibility index (Phi) is 19.8. The van der Waals surface area contributed by atoms with Crippen LogP contribution in [0.4, 0.5) is 14.5 Å². The van der Waals surface area contributed by atoms with Gasteiger partial charge >= 0.3 is 0 Å². The summed E-state index contributed by atoms with van der Waals surface area (Å²) in [6, 6.07) is 13.6. The molecule has 17 heteroatoms. The molecule has 75 heavy (non-hydrogen) atoms. The molecule has 2 aliphatic rings. The normalized spacial score (nSPS) is 14.3. The molecule has 0 bridgehead atoms. The second-order valence-corrected chi connectivity index (χ2v) is 18.0. The summed E-state index contributed by atoms with van der Waals surface area (Å²) in [5.74, 6) is -0.00427. The highest BCUT2D eigenvalue weighted by Gasteiger charge is 2.24. The van der Waals surface area contributed by atoms with Crippen molar-refractivity contribution in [3.05, 3.63) is 177 Å². The highest BCUT2D eigenvalue weighted by Crippen LogP contribution is 2.35. The van der Waals surface area contributed by atoms with Gasteiger partial charge in [-0.15, -0.1) is 0 Å². The SMILES string of the molecule is C/C=C(/F)C1=C(/C=C/c2ccc(C=O)c(/C=C\N(C)CC(N)=CC=NNC3=Nc4cc(-c5ccc(C=O)c(/C=C\N(C)Cc6nccn6C)c5)cc(F)c4C=C(C(=O)N(CCC)CCC)C3)c2)N=C(N)CC(C=O)=C1. The number of hydrazone groups is 1. The van der Waals surface area contributed by atoms with Crippen LogP contribution >= 0.6 is 0 Å². The van der Waals surface area contributed by atoms with E-state index >= 15 is 4.39 Å². The van der Waals surface area contributed by atoms with E-state index in [0.29, 0.717) is 87.5 Å². The van der Waals surface area contributed by atoms with Crippen LogP contribution in [0, 0.1) is 5.82 Å². The maximum Gasteiger partial charge on any atom is 0.250 e. The van der Waals surface area contributed by atoms with Gasteiger partial charge in [-0.2, -0.15) is 5.10 Å². The largest absolute Gasteiger partial charge is 0.401 e. The number of halogens is 2. The number of imidazole rings is 1. The molecule has 1 aromatic heterocycles. The number of benzene rings is 3. The molecule has 1 amide bonds. The zero-order valence-corrected chi connectivity index (χ0v) is 43.1. The van der Waals surface area contributed by atoms with Crippen LogP contribution < -0.4 is 16.9 Å². The first kappa shape index (κ1) is 55.5. The maximum atomic E-state index is 16.4. The van der Waals surface area contributed by atoms with Crippen molar-refractivity contribution in [3.63, 3.8) is 0 Å². The minimum atomic E-state index is -0.569. The van der Waals surface area contributed by atoms with Crippen LogP contribution in [-0.2, 0) is 23.2 Å². The summed E-state index contributed by atoms with van der Waals surface area (Å²) < 4.78 is 33.2. The molecule has 15 nitrogen and oxygen atoms in total. The summed E-state index contributed by atoms with van der Waals surface area (Å²) in [5.41, 5.74) is 21.3. The predicted octanol–water partition coefficient (Wildman–Crippen LogP) is 9.47. The van der Waals surface area contributed by atoms with Gasteiger partial charge in [-0.1, -0.05) is 50.3 Å². The Morgan fingerprint density at radius 2 is 1.56 bits per heavy atom. The fourth-order valence-electron chi connectivity index (χ4n) is 8.19. The molecule has 4 aromatic rings. The molecule has 0 aliphatic carbocycles. The number of nitrogens with zero attached hydrogens (tertiary/aromatic N) is 8. The van der Waals surface area contributed by atoms with E-state index in [9.17, 15) is 23.6 Å². The van der Waals surface area contributed by atoms with Crippen molar-refractivity contribution in [2.24, 2.45) is 33.6 Å². The number of fused-ring (bicyclic) bond motifs is 1. The van der Waals surface area contributed by atoms with Crippen molar-refractivity contribution in [3.8, 4) is 11.1 Å². The molecule has 0 spiro atoms. The van der Waals surface area contributed by atoms with Crippen LogP contribution in [0.5, 0.6) is 0 Å². The third-order valence-corrected chi connectivity index (χ3v) is 12.0. The zero-order chi connectivity index (χ0) is 54.0. The maximum absolute atomic E-state index is 16.4. The van der Waals surface area contributed by atoms with Crippen molar-refractivity contribution in [2.45, 2.75) is 53.0 Å². The number of carbonyl (C=O) groups is 4. The zero-order valence-electron chi connectivity index (χ0n) is 43.1. The average Bonchev–Trinajstić information content (AvgIpc) is 3.60. The molecule has 2 aliphatic heterocycles. The first-order valence-corrected chi connectivity index (χ1v) is 24.5. The number of rotatable bonds is 22. The second-order valence-electron chi connectivity index (χ2n) is 18.0. The third-order valence-electron chi connectivity index (χ3n) is 12.0. The van der Waals surface area contributed by atoms with Gasteiger partial charge in [0, 0.05) is 105 Å². The lowest BCUT2D eigenvalue weighted by molar-refractivity contribution is -0.127. The number of aromatic nitrogens is 2. The number of amides is 1. The van der Waals surface area contributed by atoms with E-state index in [1.807, 2.05) is 73.9 Å². The lowest BCUT2D eigenvalue weighted by atomic mass is 9.97. The van der Waals surface area contributed by atoms with Crippen molar-refractivity contribution in [2.75, 3.05) is 33.7 Å². The van der Waals surface area contributed by atoms with Crippen molar-refractivity contribution < 1.29 is 28.0 Å². The molecule has 3 heterocycles. The second kappa shape index (κ2) is 26.7. The Bertz CT molecular complexity index is 3140. The minimum Gasteiger partial charge on any atom is -0.401 e. The van der Waals surface area contributed by atoms with Gasteiger partial charge in [-0.3, -0.25) is 24.6 Å². The summed E-state index contributed by atoms with van der Waals surface area (Å²) in [6.45, 7) is 7.43. The molecule has 6 rings (SSSR count). The van der Waals surface area contributed by atoms with E-state index in [4.69, 9.17) is 16.5 Å². The third kappa shape index (κ3) is 15.1. The quantitative estimate of drug-likeness (QED) is 0.0387. The summed E-state index contributed by atoms with van der Waals surface area (Å²) in [7, 11) is 5.64. The number of nitrogens with one attached hydrogen (secondary N) is 1. The van der Waals surface area contributed by atoms with E-state index in [2.05, 4.69) is 20.5 Å². The molecular formula is C58H63F2N11O4. The van der Waals surface area contributed by atoms with Gasteiger partial charge in [-0.25, -0.2) is 23.7 Å². The van der Waals surface area contributed by atoms with Crippen LogP contribution in [0.25, 0.3) is 35.4 Å². The first-order valence-electron chi connectivity index (χ1n) is 24.5. The number of aldehydes is 3. The number of aliphatic imine (C=N–C) groups is 2. The van der Waals surface area contributed by atoms with E-state index < -0.39 is 11.6 Å². The van der Waals surface area contributed by atoms with Gasteiger partial charge in [0.05, 0.1) is 24.5 Å². The Balaban J connectivity index is 1.21. The van der Waals surface area contributed by atoms with E-state index in [1.54, 1.807) is 91.0 Å². The van der Waals surface area contributed by atoms with Crippen LogP contribution in [0.15, 0.2) is 147 Å². The highest BCUT2D eigenvalue weighted by atomic mass is 19.1. The number of allylic oxidation sites excluding steroid dienone is 6. The van der Waals surface area contributed by atoms with Crippen LogP contribution in [-0.4, -0.2) is 101 Å². The molecule has 0 unspecified atom stereocenters. The fourth-order valence-corrected chi connectivity index (χ4v) is 8.19. The van der Waals surface area contributed by atoms with E-state index in [1.165, 1.54) is 24.4 Å². The van der Waals surface area contributed by atoms with Crippen LogP contribution in [0.3, 0.4) is 0 Å². The number of hydrogen-bond donors (Lipinski definition) is 3. The monoisotopic (exact) mass is 1020 g/mol. The number of amidine groups is 2. The molecule has 0 saturated carbocycles. The number of carbonyl (C=O) groups excluding carboxylic acids is 4. The van der Waals surface area contributed by atoms with Gasteiger partial charge < -0.3 is 30.7 Å². The fraction of sp³-hybridized carbons (Fsp3) is 0.241. The lowest BCUT2D eigenvalue weighted by Gasteiger charge is -2.23. The summed E-state index contributed by atoms with van der Waals surface area (Å²) in [5, 5.41) is 4.38. The number of aryl methyl sites for hydroxylation is 1. The summed E-state index contributed by atoms with van der Waals surface area (Å²) >= 11 is 0. The lowest BCUT2D eigenvalue weighted by Crippen LogP contribution is -2.34. The van der Waals surface area contributed by atoms with Crippen molar-refractivity contribution in [1.82, 2.24) is 29.7 Å². The Morgan fingerprint density at radius 3 is 2.23 bits per heavy atom. The van der Waals surface area contributed by atoms with Crippen LogP contribution in [0.2, 0.25) is 0 Å². The number of likely N-dealkylation sites (N-methyl/N-ethyl adjacent to an activating group) is 1. The molecule has 0 atom stereocenters. The molecule has 5 N–H and O–H groups in total. The predicted molar refractivity (Wildman–Crippen MR) is 296 cm³/mol. The highest BCUT2D eigenvalue weighted by molar-refractivity contribution is 6.06. The Hall–Kier alpha value is -8.86. The van der Waals surface area contributed by atoms with Crippen molar-refractivity contribution in [1.29, 1.82) is 0 Å². The van der Waals surface area contributed by atoms with E-state index in [0.717, 1.165) is 31.2 Å². The molecule has 0 radical (unpaired) electrons. The molecule has 388 valence electrons. The minimum absolute atomic E-state index is 0.0423. The Morgan fingerprint density at radius 1 is 0.853 bits per heavy atom. The number of hydrogen-bond acceptors (Lipinski definition) is 13. The molecule has 3 aromatic carbocycles. The standard InChI is InChI=1S/C58H63F2N11O4/c1-7-21-71(22-8-2)58(75)47-30-50-52(60)31-46(41-13-14-45(38-74)43(29-41)18-24-69(5)35-57-63-20-25-70(57)6)32-54(50)66-56(33-47)67-64-19-16-48(61)34-68(4)23-17-42-26-39(10-12-44(42)37-73)11-15-53-49(51(59)9-3)27-40(36-72)28-55(62)65-53/h9-20,23-27,29-32,36-38H,7-8,21-22,28,33-35,61H2,1-6H3,(H2,62,65)(H,66,67)/b15-11+,23-17-,24-18-,48-16?,51-9+,64-19?. The summed E-state index contributed by atoms with van der Waals surface area (Å²) in [6.07, 6.45) is 25.3. The van der Waals surface area contributed by atoms with Gasteiger partial charge in [0.1, 0.15) is 35.4 Å². The molecular weight excluding hydrogens is 953 g/mol. The van der Waals surface area contributed by atoms with Gasteiger partial charge in [0.2, 0.25) is 5.91 Å². The first-order chi connectivity index (χ1) is 36.2. The smallest absolute Gasteiger partial charge is 0.250 e. The summed E-state index contributed by atoms with van der Waals surface area (Å²) in [4.78, 5) is 68.9. The van der Waals surface area contributed by atoms with Crippen molar-refractivity contribution >= 4 is 72.6 Å². The molecule has 0 fully saturated rings. The van der Waals surface area contributed by atoms with Gasteiger partial charge in [-0.05, 0) is 121 Å². The molecule has 0 saturated heterocycles. The Labute approximate surface area is 436 Å². The van der Waals surface area contributed by atoms with E-state index in [-0.39, 0.29) is 53.7 Å².